The Balaban J connectivity index is 1.68. The maximum absolute atomic E-state index is 13.7. The summed E-state index contributed by atoms with van der Waals surface area (Å²) in [7, 11) is -6.54. The van der Waals surface area contributed by atoms with Gasteiger partial charge in [-0.2, -0.15) is 4.31 Å². The van der Waals surface area contributed by atoms with Gasteiger partial charge in [-0.15, -0.1) is 0 Å². The minimum absolute atomic E-state index is 0.00405. The van der Waals surface area contributed by atoms with Crippen molar-refractivity contribution in [3.8, 4) is 5.75 Å². The number of hydrogen-bond acceptors (Lipinski definition) is 6. The van der Waals surface area contributed by atoms with Crippen molar-refractivity contribution in [1.29, 1.82) is 0 Å². The Morgan fingerprint density at radius 2 is 1.64 bits per heavy atom. The van der Waals surface area contributed by atoms with Gasteiger partial charge in [0.15, 0.2) is 0 Å². The largest absolute Gasteiger partial charge is 0.495 e. The average molecular weight is 592 g/mol. The summed E-state index contributed by atoms with van der Waals surface area (Å²) >= 11 is 6.28. The number of anilines is 2. The van der Waals surface area contributed by atoms with Crippen molar-refractivity contribution in [2.75, 3.05) is 36.4 Å². The highest BCUT2D eigenvalue weighted by atomic mass is 35.5. The third-order valence-corrected chi connectivity index (χ3v) is 10.6. The van der Waals surface area contributed by atoms with E-state index >= 15 is 0 Å². The molecule has 39 heavy (non-hydrogen) atoms. The number of ether oxygens (including phenoxy) is 1. The van der Waals surface area contributed by atoms with Crippen LogP contribution in [0.5, 0.6) is 5.75 Å². The average Bonchev–Trinajstić information content (AvgIpc) is 2.94. The highest BCUT2D eigenvalue weighted by Crippen LogP contribution is 2.32. The first-order chi connectivity index (χ1) is 18.6. The molecule has 3 aromatic rings. The quantitative estimate of drug-likeness (QED) is 0.387. The van der Waals surface area contributed by atoms with Gasteiger partial charge in [0.1, 0.15) is 12.3 Å². The molecule has 0 spiro atoms. The van der Waals surface area contributed by atoms with E-state index in [0.717, 1.165) is 23.6 Å². The smallest absolute Gasteiger partial charge is 0.264 e. The molecule has 0 saturated carbocycles. The predicted octanol–water partition coefficient (Wildman–Crippen LogP) is 4.67. The summed E-state index contributed by atoms with van der Waals surface area (Å²) in [6.07, 6.45) is 2.55. The molecule has 208 valence electrons. The molecule has 9 nitrogen and oxygen atoms in total. The lowest BCUT2D eigenvalue weighted by Crippen LogP contribution is -2.38. The molecular weight excluding hydrogens is 562 g/mol. The Kier molecular flexibility index (Phi) is 8.85. The summed E-state index contributed by atoms with van der Waals surface area (Å²) in [6.45, 7) is 1.94. The first-order valence-electron chi connectivity index (χ1n) is 12.4. The van der Waals surface area contributed by atoms with Crippen LogP contribution in [0.4, 0.5) is 11.4 Å². The van der Waals surface area contributed by atoms with E-state index in [1.165, 1.54) is 41.7 Å². The molecule has 0 atom stereocenters. The number of carbonyl (C=O) groups is 1. The predicted molar refractivity (Wildman–Crippen MR) is 151 cm³/mol. The molecule has 1 N–H and O–H groups in total. The van der Waals surface area contributed by atoms with Gasteiger partial charge in [-0.3, -0.25) is 9.10 Å². The summed E-state index contributed by atoms with van der Waals surface area (Å²) in [6, 6.07) is 16.8. The van der Waals surface area contributed by atoms with Gasteiger partial charge in [-0.25, -0.2) is 16.8 Å². The number of methoxy groups -OCH3 is 1. The SMILES string of the molecule is COc1ccc(S(=O)(=O)N2CCCCC2)cc1NC(=O)CN(c1cccc(Cl)c1C)S(=O)(=O)c1ccccc1. The van der Waals surface area contributed by atoms with Gasteiger partial charge in [-0.1, -0.05) is 42.3 Å². The van der Waals surface area contributed by atoms with E-state index in [0.29, 0.717) is 23.7 Å². The topological polar surface area (TPSA) is 113 Å². The number of carbonyl (C=O) groups excluding carboxylic acids is 1. The molecule has 1 amide bonds. The van der Waals surface area contributed by atoms with Crippen molar-refractivity contribution >= 4 is 48.9 Å². The van der Waals surface area contributed by atoms with E-state index < -0.39 is 32.5 Å². The molecule has 0 radical (unpaired) electrons. The fraction of sp³-hybridized carbons (Fsp3) is 0.296. The maximum atomic E-state index is 13.7. The summed E-state index contributed by atoms with van der Waals surface area (Å²) in [4.78, 5) is 13.4. The highest BCUT2D eigenvalue weighted by Gasteiger charge is 2.30. The maximum Gasteiger partial charge on any atom is 0.264 e. The minimum atomic E-state index is -4.16. The molecule has 1 fully saturated rings. The summed E-state index contributed by atoms with van der Waals surface area (Å²) in [5, 5.41) is 2.99. The van der Waals surface area contributed by atoms with Gasteiger partial charge >= 0.3 is 0 Å². The molecule has 12 heteroatoms. The van der Waals surface area contributed by atoms with E-state index in [-0.39, 0.29) is 26.9 Å². The molecule has 1 heterocycles. The normalized spacial score (nSPS) is 14.5. The number of nitrogens with zero attached hydrogens (tertiary/aromatic N) is 2. The van der Waals surface area contributed by atoms with E-state index in [9.17, 15) is 21.6 Å². The van der Waals surface area contributed by atoms with Gasteiger partial charge in [0, 0.05) is 18.1 Å². The Morgan fingerprint density at radius 3 is 2.31 bits per heavy atom. The lowest BCUT2D eigenvalue weighted by Gasteiger charge is -2.27. The molecule has 0 aromatic heterocycles. The fourth-order valence-electron chi connectivity index (χ4n) is 4.41. The van der Waals surface area contributed by atoms with Gasteiger partial charge in [0.2, 0.25) is 15.9 Å². The molecule has 1 aliphatic rings. The lowest BCUT2D eigenvalue weighted by molar-refractivity contribution is -0.114. The third-order valence-electron chi connectivity index (χ3n) is 6.52. The lowest BCUT2D eigenvalue weighted by atomic mass is 10.2. The first-order valence-corrected chi connectivity index (χ1v) is 15.6. The second-order valence-corrected chi connectivity index (χ2v) is 13.3. The van der Waals surface area contributed by atoms with E-state index in [4.69, 9.17) is 16.3 Å². The zero-order valence-corrected chi connectivity index (χ0v) is 24.0. The van der Waals surface area contributed by atoms with E-state index in [1.54, 1.807) is 43.3 Å². The van der Waals surface area contributed by atoms with E-state index in [1.807, 2.05) is 0 Å². The molecule has 1 saturated heterocycles. The Morgan fingerprint density at radius 1 is 0.949 bits per heavy atom. The Bertz CT molecular complexity index is 1560. The number of piperidine rings is 1. The summed E-state index contributed by atoms with van der Waals surface area (Å²) in [5.74, 6) is -0.461. The zero-order chi connectivity index (χ0) is 28.2. The highest BCUT2D eigenvalue weighted by molar-refractivity contribution is 7.92. The summed E-state index contributed by atoms with van der Waals surface area (Å²) in [5.41, 5.74) is 0.842. The van der Waals surface area contributed by atoms with Crippen LogP contribution in [0.2, 0.25) is 5.02 Å². The van der Waals surface area contributed by atoms with Gasteiger partial charge in [0.05, 0.1) is 28.3 Å². The van der Waals surface area contributed by atoms with Crippen molar-refractivity contribution in [2.24, 2.45) is 0 Å². The third kappa shape index (κ3) is 6.22. The number of benzene rings is 3. The van der Waals surface area contributed by atoms with E-state index in [2.05, 4.69) is 5.32 Å². The molecular formula is C27H30ClN3O6S2. The van der Waals surface area contributed by atoms with Gasteiger partial charge < -0.3 is 10.1 Å². The monoisotopic (exact) mass is 591 g/mol. The molecule has 0 unspecified atom stereocenters. The number of amides is 1. The second kappa shape index (κ2) is 12.0. The van der Waals surface area contributed by atoms with Crippen molar-refractivity contribution in [3.63, 3.8) is 0 Å². The number of halogens is 1. The number of nitrogens with one attached hydrogen (secondary N) is 1. The van der Waals surface area contributed by atoms with Crippen LogP contribution in [0.3, 0.4) is 0 Å². The van der Waals surface area contributed by atoms with Crippen LogP contribution >= 0.6 is 11.6 Å². The van der Waals surface area contributed by atoms with Crippen molar-refractivity contribution in [3.05, 3.63) is 77.3 Å². The molecule has 0 bridgehead atoms. The van der Waals surface area contributed by atoms with Crippen LogP contribution in [0, 0.1) is 6.92 Å². The van der Waals surface area contributed by atoms with Crippen LogP contribution in [0.1, 0.15) is 24.8 Å². The van der Waals surface area contributed by atoms with Crippen LogP contribution in [0.15, 0.2) is 76.5 Å². The number of sulfonamides is 2. The Hall–Kier alpha value is -3.12. The van der Waals surface area contributed by atoms with Crippen LogP contribution in [-0.2, 0) is 24.8 Å². The van der Waals surface area contributed by atoms with Crippen LogP contribution in [0.25, 0.3) is 0 Å². The Labute approximate surface area is 234 Å². The molecule has 0 aliphatic carbocycles. The second-order valence-electron chi connectivity index (χ2n) is 9.08. The zero-order valence-electron chi connectivity index (χ0n) is 21.6. The van der Waals surface area contributed by atoms with Gasteiger partial charge in [-0.05, 0) is 67.8 Å². The van der Waals surface area contributed by atoms with Crippen LogP contribution in [-0.4, -0.2) is 53.8 Å². The van der Waals surface area contributed by atoms with Crippen molar-refractivity contribution < 1.29 is 26.4 Å². The number of hydrogen-bond donors (Lipinski definition) is 1. The van der Waals surface area contributed by atoms with Crippen LogP contribution < -0.4 is 14.4 Å². The van der Waals surface area contributed by atoms with Gasteiger partial charge in [0.25, 0.3) is 10.0 Å². The number of rotatable bonds is 9. The molecule has 4 rings (SSSR count). The molecule has 3 aromatic carbocycles. The standard InChI is InChI=1S/C27H30ClN3O6S2/c1-20-23(28)12-9-13-25(20)31(39(35,36)21-10-5-3-6-11-21)19-27(32)29-24-18-22(14-15-26(24)37-2)38(33,34)30-16-7-4-8-17-30/h3,5-6,9-15,18H,4,7-8,16-17,19H2,1-2H3,(H,29,32). The minimum Gasteiger partial charge on any atom is -0.495 e. The summed E-state index contributed by atoms with van der Waals surface area (Å²) < 4.78 is 61.5. The molecule has 1 aliphatic heterocycles. The van der Waals surface area contributed by atoms with Crippen molar-refractivity contribution in [2.45, 2.75) is 36.0 Å². The fourth-order valence-corrected chi connectivity index (χ4v) is 7.62. The first kappa shape index (κ1) is 28.9. The van der Waals surface area contributed by atoms with Crippen molar-refractivity contribution in [1.82, 2.24) is 4.31 Å².